The van der Waals surface area contributed by atoms with E-state index in [-0.39, 0.29) is 0 Å². The molecule has 1 aliphatic heterocycles. The van der Waals surface area contributed by atoms with E-state index >= 15 is 0 Å². The van der Waals surface area contributed by atoms with Crippen LogP contribution in [0.3, 0.4) is 0 Å². The first kappa shape index (κ1) is 18.3. The van der Waals surface area contributed by atoms with Gasteiger partial charge in [-0.25, -0.2) is 0 Å². The number of thiocarbonyl (C=S) groups is 1. The summed E-state index contributed by atoms with van der Waals surface area (Å²) in [7, 11) is 0. The molecular formula is C19H26N3OS2+. The van der Waals surface area contributed by atoms with Crippen LogP contribution in [0.2, 0.25) is 0 Å². The second kappa shape index (κ2) is 8.76. The monoisotopic (exact) mass is 376 g/mol. The van der Waals surface area contributed by atoms with Crippen LogP contribution in [0.15, 0.2) is 35.7 Å². The Kier molecular flexibility index (Phi) is 6.42. The Hall–Kier alpha value is -1.47. The van der Waals surface area contributed by atoms with Crippen molar-refractivity contribution < 1.29 is 9.64 Å². The molecule has 0 saturated carbocycles. The maximum absolute atomic E-state index is 5.52. The van der Waals surface area contributed by atoms with Gasteiger partial charge in [-0.15, -0.1) is 11.3 Å². The van der Waals surface area contributed by atoms with E-state index in [1.807, 2.05) is 11.3 Å². The first-order chi connectivity index (χ1) is 12.1. The standard InChI is InChI=1S/C19H25N3OS2/c1-14-5-6-16(12-15(14)2)21-19(24)20-13-17(18-4-3-11-25-18)22-7-9-23-10-8-22/h3-6,11-12,17H,7-10,13H2,1-2H3,(H2,20,21,24)/p+1/t17-/m0/s1. The summed E-state index contributed by atoms with van der Waals surface area (Å²) in [5.41, 5.74) is 3.59. The maximum Gasteiger partial charge on any atom is 0.171 e. The molecule has 134 valence electrons. The lowest BCUT2D eigenvalue weighted by atomic mass is 10.1. The first-order valence-electron chi connectivity index (χ1n) is 8.71. The molecule has 1 aromatic carbocycles. The SMILES string of the molecule is Cc1ccc(NC(=S)NC[C@@H](c2cccs2)[NH+]2CCOCC2)cc1C. The number of quaternary nitrogens is 1. The average molecular weight is 377 g/mol. The first-order valence-corrected chi connectivity index (χ1v) is 10.00. The average Bonchev–Trinajstić information content (AvgIpc) is 3.14. The predicted octanol–water partition coefficient (Wildman–Crippen LogP) is 2.31. The molecular weight excluding hydrogens is 350 g/mol. The molecule has 0 amide bonds. The Morgan fingerprint density at radius 1 is 1.24 bits per heavy atom. The molecule has 0 unspecified atom stereocenters. The van der Waals surface area contributed by atoms with Crippen LogP contribution in [0.1, 0.15) is 22.0 Å². The Morgan fingerprint density at radius 2 is 2.04 bits per heavy atom. The summed E-state index contributed by atoms with van der Waals surface area (Å²) in [6.45, 7) is 8.82. The van der Waals surface area contributed by atoms with Crippen LogP contribution in [0.4, 0.5) is 5.69 Å². The van der Waals surface area contributed by atoms with Crippen molar-refractivity contribution in [1.82, 2.24) is 5.32 Å². The number of hydrogen-bond acceptors (Lipinski definition) is 3. The van der Waals surface area contributed by atoms with Crippen LogP contribution >= 0.6 is 23.6 Å². The number of hydrogen-bond donors (Lipinski definition) is 3. The third kappa shape index (κ3) is 5.01. The smallest absolute Gasteiger partial charge is 0.171 e. The number of rotatable bonds is 5. The Bertz CT molecular complexity index is 697. The van der Waals surface area contributed by atoms with Crippen molar-refractivity contribution in [3.8, 4) is 0 Å². The number of anilines is 1. The van der Waals surface area contributed by atoms with Gasteiger partial charge >= 0.3 is 0 Å². The second-order valence-electron chi connectivity index (χ2n) is 6.47. The van der Waals surface area contributed by atoms with Gasteiger partial charge in [-0.05, 0) is 60.8 Å². The van der Waals surface area contributed by atoms with Gasteiger partial charge in [0.25, 0.3) is 0 Å². The molecule has 0 spiro atoms. The van der Waals surface area contributed by atoms with Crippen molar-refractivity contribution in [2.75, 3.05) is 38.2 Å². The fraction of sp³-hybridized carbons (Fsp3) is 0.421. The lowest BCUT2D eigenvalue weighted by Crippen LogP contribution is -3.15. The summed E-state index contributed by atoms with van der Waals surface area (Å²) in [6.07, 6.45) is 0. The van der Waals surface area contributed by atoms with Crippen LogP contribution < -0.4 is 15.5 Å². The molecule has 0 bridgehead atoms. The Morgan fingerprint density at radius 3 is 2.72 bits per heavy atom. The molecule has 0 aliphatic carbocycles. The number of nitrogens with one attached hydrogen (secondary N) is 3. The maximum atomic E-state index is 5.52. The van der Waals surface area contributed by atoms with Crippen molar-refractivity contribution in [1.29, 1.82) is 0 Å². The van der Waals surface area contributed by atoms with E-state index in [9.17, 15) is 0 Å². The summed E-state index contributed by atoms with van der Waals surface area (Å²) in [5, 5.41) is 9.54. The lowest BCUT2D eigenvalue weighted by molar-refractivity contribution is -0.937. The summed E-state index contributed by atoms with van der Waals surface area (Å²) < 4.78 is 5.52. The van der Waals surface area contributed by atoms with Gasteiger partial charge in [0.1, 0.15) is 19.1 Å². The largest absolute Gasteiger partial charge is 0.370 e. The minimum Gasteiger partial charge on any atom is -0.370 e. The summed E-state index contributed by atoms with van der Waals surface area (Å²) >= 11 is 7.33. The van der Waals surface area contributed by atoms with Gasteiger partial charge in [0.2, 0.25) is 0 Å². The molecule has 1 atom stereocenters. The lowest BCUT2D eigenvalue weighted by Gasteiger charge is -2.31. The highest BCUT2D eigenvalue weighted by molar-refractivity contribution is 7.80. The molecule has 3 rings (SSSR count). The topological polar surface area (TPSA) is 37.7 Å². The second-order valence-corrected chi connectivity index (χ2v) is 7.86. The van der Waals surface area contributed by atoms with Gasteiger partial charge in [-0.2, -0.15) is 0 Å². The van der Waals surface area contributed by atoms with Crippen molar-refractivity contribution in [3.63, 3.8) is 0 Å². The van der Waals surface area contributed by atoms with Gasteiger partial charge in [0.15, 0.2) is 5.11 Å². The highest BCUT2D eigenvalue weighted by atomic mass is 32.1. The molecule has 6 heteroatoms. The zero-order chi connectivity index (χ0) is 17.6. The van der Waals surface area contributed by atoms with E-state index in [4.69, 9.17) is 17.0 Å². The van der Waals surface area contributed by atoms with Crippen LogP contribution in [0, 0.1) is 13.8 Å². The molecule has 3 N–H and O–H groups in total. The zero-order valence-electron chi connectivity index (χ0n) is 14.8. The number of morpholine rings is 1. The van der Waals surface area contributed by atoms with Crippen molar-refractivity contribution in [2.24, 2.45) is 0 Å². The summed E-state index contributed by atoms with van der Waals surface area (Å²) in [4.78, 5) is 2.97. The van der Waals surface area contributed by atoms with Crippen molar-refractivity contribution >= 4 is 34.4 Å². The number of aryl methyl sites for hydroxylation is 2. The van der Waals surface area contributed by atoms with E-state index in [2.05, 4.69) is 60.2 Å². The van der Waals surface area contributed by atoms with Crippen LogP contribution in [0.25, 0.3) is 0 Å². The van der Waals surface area contributed by atoms with E-state index in [1.54, 1.807) is 4.90 Å². The normalized spacial score (nSPS) is 16.4. The fourth-order valence-electron chi connectivity index (χ4n) is 3.11. The third-order valence-electron chi connectivity index (χ3n) is 4.75. The van der Waals surface area contributed by atoms with E-state index in [1.165, 1.54) is 16.0 Å². The molecule has 0 radical (unpaired) electrons. The quantitative estimate of drug-likeness (QED) is 0.700. The van der Waals surface area contributed by atoms with Gasteiger partial charge in [-0.3, -0.25) is 0 Å². The van der Waals surface area contributed by atoms with Gasteiger partial charge in [0.05, 0.1) is 24.6 Å². The molecule has 1 aromatic heterocycles. The molecule has 2 aromatic rings. The molecule has 1 aliphatic rings. The molecule has 1 fully saturated rings. The summed E-state index contributed by atoms with van der Waals surface area (Å²) in [6, 6.07) is 11.1. The Labute approximate surface area is 159 Å². The van der Waals surface area contributed by atoms with E-state index < -0.39 is 0 Å². The molecule has 25 heavy (non-hydrogen) atoms. The molecule has 4 nitrogen and oxygen atoms in total. The highest BCUT2D eigenvalue weighted by Crippen LogP contribution is 2.17. The number of benzene rings is 1. The number of ether oxygens (including phenoxy) is 1. The van der Waals surface area contributed by atoms with Gasteiger partial charge in [-0.1, -0.05) is 12.1 Å². The zero-order valence-corrected chi connectivity index (χ0v) is 16.4. The summed E-state index contributed by atoms with van der Waals surface area (Å²) in [5.74, 6) is 0. The third-order valence-corrected chi connectivity index (χ3v) is 5.98. The fourth-order valence-corrected chi connectivity index (χ4v) is 4.19. The van der Waals surface area contributed by atoms with Crippen LogP contribution in [0.5, 0.6) is 0 Å². The van der Waals surface area contributed by atoms with Gasteiger partial charge in [0, 0.05) is 5.69 Å². The minimum absolute atomic E-state index is 0.406. The van der Waals surface area contributed by atoms with Crippen LogP contribution in [-0.2, 0) is 4.74 Å². The molecule has 1 saturated heterocycles. The minimum atomic E-state index is 0.406. The van der Waals surface area contributed by atoms with E-state index in [0.29, 0.717) is 11.2 Å². The van der Waals surface area contributed by atoms with Crippen molar-refractivity contribution in [2.45, 2.75) is 19.9 Å². The number of thiophene rings is 1. The van der Waals surface area contributed by atoms with Crippen molar-refractivity contribution in [3.05, 3.63) is 51.7 Å². The molecule has 2 heterocycles. The van der Waals surface area contributed by atoms with Crippen LogP contribution in [-0.4, -0.2) is 38.0 Å². The van der Waals surface area contributed by atoms with Gasteiger partial charge < -0.3 is 20.3 Å². The highest BCUT2D eigenvalue weighted by Gasteiger charge is 2.27. The van der Waals surface area contributed by atoms with E-state index in [0.717, 1.165) is 38.5 Å². The Balaban J connectivity index is 1.60. The predicted molar refractivity (Wildman–Crippen MR) is 109 cm³/mol.